The number of halogens is 6. The monoisotopic (exact) mass is 767 g/mol. The minimum atomic E-state index is -5.08. The summed E-state index contributed by atoms with van der Waals surface area (Å²) in [6.07, 6.45) is -10.2. The predicted molar refractivity (Wildman–Crippen MR) is 121 cm³/mol. The Hall–Kier alpha value is -0.778. The molecule has 0 aliphatic heterocycles. The van der Waals surface area contributed by atoms with Gasteiger partial charge in [-0.2, -0.15) is 26.3 Å². The summed E-state index contributed by atoms with van der Waals surface area (Å²) in [6.45, 7) is 8.15. The fourth-order valence-corrected chi connectivity index (χ4v) is 10.6. The first-order valence-corrected chi connectivity index (χ1v) is 14.5. The molecule has 0 radical (unpaired) electrons. The zero-order valence-corrected chi connectivity index (χ0v) is 26.4. The molecule has 0 aliphatic rings. The summed E-state index contributed by atoms with van der Waals surface area (Å²) < 4.78 is 95.5. The van der Waals surface area contributed by atoms with E-state index in [1.54, 1.807) is 27.7 Å². The Bertz CT molecular complexity index is 718. The zero-order valence-electron chi connectivity index (χ0n) is 22.2. The van der Waals surface area contributed by atoms with Gasteiger partial charge in [0.25, 0.3) is 0 Å². The molecule has 8 nitrogen and oxygen atoms in total. The fourth-order valence-electron chi connectivity index (χ4n) is 3.88. The second-order valence-electron chi connectivity index (χ2n) is 8.38. The van der Waals surface area contributed by atoms with Gasteiger partial charge in [0.2, 0.25) is 11.6 Å². The van der Waals surface area contributed by atoms with Crippen molar-refractivity contribution in [1.29, 1.82) is 0 Å². The van der Waals surface area contributed by atoms with E-state index in [4.69, 9.17) is 17.7 Å². The van der Waals surface area contributed by atoms with Crippen molar-refractivity contribution in [3.05, 3.63) is 0 Å². The Morgan fingerprint density at radius 3 is 0.838 bits per heavy atom. The Morgan fingerprint density at radius 1 is 0.568 bits per heavy atom. The van der Waals surface area contributed by atoms with Crippen LogP contribution in [0.1, 0.15) is 41.5 Å². The number of Topliss-reactive ketones (excluding diaryl/α,β-unsaturated/α-hetero) is 4. The topological polar surface area (TPSA) is 105 Å². The molecule has 0 fully saturated rings. The first kappa shape index (κ1) is 40.7. The molecule has 0 heterocycles. The first-order valence-electron chi connectivity index (χ1n) is 10.5. The van der Waals surface area contributed by atoms with Crippen LogP contribution in [0, 0.1) is 0 Å². The van der Waals surface area contributed by atoms with Crippen molar-refractivity contribution in [2.45, 2.75) is 76.1 Å². The summed E-state index contributed by atoms with van der Waals surface area (Å²) in [5.74, 6) is -5.97. The summed E-state index contributed by atoms with van der Waals surface area (Å²) in [5.41, 5.74) is -4.75. The van der Waals surface area contributed by atoms with Crippen LogP contribution in [0.4, 0.5) is 26.3 Å². The number of alkyl halides is 6. The minimum Gasteiger partial charge on any atom is -0.397 e. The van der Waals surface area contributed by atoms with E-state index in [1.807, 2.05) is 0 Å². The molecule has 0 aromatic heterocycles. The first-order chi connectivity index (χ1) is 16.1. The third-order valence-corrected chi connectivity index (χ3v) is 14.3. The molecule has 17 heteroatoms. The van der Waals surface area contributed by atoms with Crippen molar-refractivity contribution in [2.75, 3.05) is 28.4 Å². The average molecular weight is 768 g/mol. The van der Waals surface area contributed by atoms with Crippen molar-refractivity contribution in [3.8, 4) is 0 Å². The molecule has 37 heavy (non-hydrogen) atoms. The molecule has 0 spiro atoms. The largest absolute Gasteiger partial charge is 2.00 e. The average Bonchev–Trinajstić information content (AvgIpc) is 2.73. The van der Waals surface area contributed by atoms with Gasteiger partial charge in [-0.05, 0) is 24.9 Å². The molecule has 0 rings (SSSR count). The molecule has 0 aromatic rings. The van der Waals surface area contributed by atoms with E-state index in [9.17, 15) is 45.5 Å². The van der Waals surface area contributed by atoms with Crippen LogP contribution in [0.5, 0.6) is 0 Å². The fraction of sp³-hybridized carbons (Fsp3) is 0.800. The van der Waals surface area contributed by atoms with Crippen molar-refractivity contribution in [1.82, 2.24) is 0 Å². The Morgan fingerprint density at radius 2 is 0.757 bits per heavy atom. The van der Waals surface area contributed by atoms with Crippen LogP contribution in [0.15, 0.2) is 0 Å². The second kappa shape index (κ2) is 15.7. The third-order valence-electron chi connectivity index (χ3n) is 5.59. The SMILES string of the molecule is CO[Si](OC)(C(C)C)C(C(C)=O)C(=O)C(F)(F)F.CO[Si](OC)(C(C)C)C(C(C)=O)C(=O)C(F)(F)F.[Pt+2]. The van der Waals surface area contributed by atoms with Crippen LogP contribution < -0.4 is 0 Å². The van der Waals surface area contributed by atoms with Gasteiger partial charge >= 0.3 is 50.5 Å². The molecule has 220 valence electrons. The summed E-state index contributed by atoms with van der Waals surface area (Å²) in [5, 5.41) is 0. The quantitative estimate of drug-likeness (QED) is 0.163. The van der Waals surface area contributed by atoms with E-state index in [0.717, 1.165) is 42.3 Å². The zero-order chi connectivity index (χ0) is 29.4. The van der Waals surface area contributed by atoms with Crippen LogP contribution in [0.3, 0.4) is 0 Å². The van der Waals surface area contributed by atoms with E-state index in [-0.39, 0.29) is 21.1 Å². The van der Waals surface area contributed by atoms with Gasteiger partial charge in [0.15, 0.2) is 0 Å². The van der Waals surface area contributed by atoms with Crippen LogP contribution in [0.25, 0.3) is 0 Å². The van der Waals surface area contributed by atoms with E-state index in [1.165, 1.54) is 0 Å². The summed E-state index contributed by atoms with van der Waals surface area (Å²) >= 11 is 0. The van der Waals surface area contributed by atoms with Crippen LogP contribution >= 0.6 is 0 Å². The third kappa shape index (κ3) is 9.73. The van der Waals surface area contributed by atoms with Gasteiger partial charge in [0, 0.05) is 28.4 Å². The molecular formula is C20H34F6O8PtSi2+2. The van der Waals surface area contributed by atoms with Crippen molar-refractivity contribution < 1.29 is 84.3 Å². The molecular weight excluding hydrogens is 733 g/mol. The van der Waals surface area contributed by atoms with Crippen molar-refractivity contribution in [3.63, 3.8) is 0 Å². The molecule has 0 bridgehead atoms. The number of ketones is 4. The molecule has 0 amide bonds. The number of hydrogen-bond donors (Lipinski definition) is 0. The van der Waals surface area contributed by atoms with Gasteiger partial charge in [-0.25, -0.2) is 0 Å². The standard InChI is InChI=1S/2C10H17F3O4Si.Pt/c2*1-6(2)18(16-4,17-5)8(7(3)14)9(15)10(11,12)13;/h2*6,8H,1-5H3;/q;;+2. The molecule has 2 unspecified atom stereocenters. The summed E-state index contributed by atoms with van der Waals surface area (Å²) in [6, 6.07) is 0. The molecule has 0 saturated heterocycles. The number of carbonyl (C=O) groups excluding carboxylic acids is 4. The molecule has 0 saturated carbocycles. The summed E-state index contributed by atoms with van der Waals surface area (Å²) in [4.78, 5) is 45.7. The van der Waals surface area contributed by atoms with Gasteiger partial charge in [-0.3, -0.25) is 19.2 Å². The van der Waals surface area contributed by atoms with Crippen molar-refractivity contribution >= 4 is 40.3 Å². The van der Waals surface area contributed by atoms with E-state index in [2.05, 4.69) is 0 Å². The summed E-state index contributed by atoms with van der Waals surface area (Å²) in [7, 11) is -2.56. The predicted octanol–water partition coefficient (Wildman–Crippen LogP) is 4.44. The van der Waals surface area contributed by atoms with Gasteiger partial charge in [0.1, 0.15) is 22.6 Å². The van der Waals surface area contributed by atoms with Gasteiger partial charge in [0.05, 0.1) is 0 Å². The molecule has 0 N–H and O–H groups in total. The maximum atomic E-state index is 12.5. The van der Waals surface area contributed by atoms with Crippen LogP contribution in [-0.4, -0.2) is 81.0 Å². The Labute approximate surface area is 228 Å². The Balaban J connectivity index is -0.000000608. The second-order valence-corrected chi connectivity index (χ2v) is 16.4. The van der Waals surface area contributed by atoms with Crippen molar-refractivity contribution in [2.24, 2.45) is 0 Å². The van der Waals surface area contributed by atoms with Crippen LogP contribution in [-0.2, 0) is 57.9 Å². The number of carbonyl (C=O) groups is 4. The normalized spacial score (nSPS) is 14.3. The Kier molecular flexibility index (Phi) is 17.3. The number of rotatable bonds is 12. The maximum absolute atomic E-state index is 12.5. The van der Waals surface area contributed by atoms with Gasteiger partial charge in [-0.15, -0.1) is 0 Å². The van der Waals surface area contributed by atoms with Gasteiger partial charge < -0.3 is 17.7 Å². The van der Waals surface area contributed by atoms with Crippen LogP contribution in [0.2, 0.25) is 22.2 Å². The number of hydrogen-bond acceptors (Lipinski definition) is 8. The van der Waals surface area contributed by atoms with E-state index in [0.29, 0.717) is 0 Å². The minimum absolute atomic E-state index is 0. The smallest absolute Gasteiger partial charge is 0.397 e. The van der Waals surface area contributed by atoms with E-state index < -0.39 is 74.8 Å². The van der Waals surface area contributed by atoms with E-state index >= 15 is 0 Å². The molecule has 0 aromatic carbocycles. The molecule has 2 atom stereocenters. The maximum Gasteiger partial charge on any atom is 2.00 e. The molecule has 0 aliphatic carbocycles. The van der Waals surface area contributed by atoms with Gasteiger partial charge in [-0.1, -0.05) is 27.7 Å².